The van der Waals surface area contributed by atoms with Crippen LogP contribution in [0.2, 0.25) is 0 Å². The maximum atomic E-state index is 5.78. The molecule has 0 amide bonds. The van der Waals surface area contributed by atoms with E-state index in [2.05, 4.69) is 32.7 Å². The molecule has 6 heteroatoms. The molecule has 0 spiro atoms. The van der Waals surface area contributed by atoms with Crippen molar-refractivity contribution >= 4 is 17.5 Å². The Bertz CT molecular complexity index is 777. The summed E-state index contributed by atoms with van der Waals surface area (Å²) < 4.78 is 5.78. The molecule has 2 N–H and O–H groups in total. The number of benzene rings is 2. The van der Waals surface area contributed by atoms with Crippen LogP contribution in [0.4, 0.5) is 17.5 Å². The highest BCUT2D eigenvalue weighted by molar-refractivity contribution is 5.55. The fraction of sp³-hybridized carbons (Fsp3) is 0.211. The minimum Gasteiger partial charge on any atom is -0.457 e. The van der Waals surface area contributed by atoms with Crippen molar-refractivity contribution in [1.29, 1.82) is 0 Å². The monoisotopic (exact) mass is 335 g/mol. The number of aromatic nitrogens is 3. The molecule has 1 heterocycles. The van der Waals surface area contributed by atoms with Gasteiger partial charge in [0, 0.05) is 12.2 Å². The molecule has 6 nitrogen and oxygen atoms in total. The number of para-hydroxylation sites is 1. The highest BCUT2D eigenvalue weighted by Gasteiger charge is 2.02. The second kappa shape index (κ2) is 8.63. The Hall–Kier alpha value is -3.15. The maximum absolute atomic E-state index is 5.78. The lowest BCUT2D eigenvalue weighted by atomic mass is 10.3. The molecule has 0 unspecified atom stereocenters. The summed E-state index contributed by atoms with van der Waals surface area (Å²) in [5, 5.41) is 14.4. The van der Waals surface area contributed by atoms with E-state index in [0.29, 0.717) is 5.95 Å². The van der Waals surface area contributed by atoms with E-state index in [9.17, 15) is 0 Å². The first-order valence-electron chi connectivity index (χ1n) is 8.37. The maximum Gasteiger partial charge on any atom is 0.249 e. The summed E-state index contributed by atoms with van der Waals surface area (Å²) in [6.45, 7) is 3.03. The van der Waals surface area contributed by atoms with E-state index in [-0.39, 0.29) is 0 Å². The summed E-state index contributed by atoms with van der Waals surface area (Å²) in [6, 6.07) is 17.3. The summed E-state index contributed by atoms with van der Waals surface area (Å²) >= 11 is 0. The molecule has 128 valence electrons. The Labute approximate surface area is 147 Å². The number of ether oxygens (including phenoxy) is 1. The van der Waals surface area contributed by atoms with Gasteiger partial charge in [-0.1, -0.05) is 31.5 Å². The van der Waals surface area contributed by atoms with Gasteiger partial charge in [0.2, 0.25) is 5.95 Å². The molecule has 0 aliphatic carbocycles. The number of anilines is 3. The van der Waals surface area contributed by atoms with Crippen molar-refractivity contribution in [3.8, 4) is 11.5 Å². The van der Waals surface area contributed by atoms with Crippen molar-refractivity contribution in [2.24, 2.45) is 0 Å². The van der Waals surface area contributed by atoms with E-state index in [0.717, 1.165) is 42.4 Å². The van der Waals surface area contributed by atoms with Gasteiger partial charge >= 0.3 is 0 Å². The fourth-order valence-electron chi connectivity index (χ4n) is 2.19. The molecule has 0 fully saturated rings. The number of hydrogen-bond acceptors (Lipinski definition) is 6. The van der Waals surface area contributed by atoms with E-state index in [1.165, 1.54) is 0 Å². The normalized spacial score (nSPS) is 10.3. The van der Waals surface area contributed by atoms with Crippen LogP contribution in [0.3, 0.4) is 0 Å². The predicted octanol–water partition coefficient (Wildman–Crippen LogP) is 4.62. The van der Waals surface area contributed by atoms with E-state index in [4.69, 9.17) is 4.74 Å². The van der Waals surface area contributed by atoms with Gasteiger partial charge in [-0.2, -0.15) is 10.1 Å². The average Bonchev–Trinajstić information content (AvgIpc) is 2.65. The van der Waals surface area contributed by atoms with E-state index >= 15 is 0 Å². The molecule has 0 saturated heterocycles. The zero-order valence-corrected chi connectivity index (χ0v) is 14.1. The first-order chi connectivity index (χ1) is 12.3. The van der Waals surface area contributed by atoms with Crippen molar-refractivity contribution in [1.82, 2.24) is 15.2 Å². The molecule has 1 aromatic heterocycles. The summed E-state index contributed by atoms with van der Waals surface area (Å²) in [7, 11) is 0. The van der Waals surface area contributed by atoms with Gasteiger partial charge in [-0.25, -0.2) is 0 Å². The molecule has 25 heavy (non-hydrogen) atoms. The molecule has 3 aromatic rings. The lowest BCUT2D eigenvalue weighted by molar-refractivity contribution is 0.483. The number of nitrogens with one attached hydrogen (secondary N) is 2. The van der Waals surface area contributed by atoms with Gasteiger partial charge in [-0.3, -0.25) is 0 Å². The van der Waals surface area contributed by atoms with Crippen LogP contribution in [-0.2, 0) is 0 Å². The molecular formula is C19H21N5O. The molecule has 2 aromatic carbocycles. The standard InChI is InChI=1S/C19H21N5O/c1-2-3-13-20-18-14-21-24-19(23-18)22-15-9-11-17(12-10-15)25-16-7-5-4-6-8-16/h4-12,14H,2-3,13H2,1H3,(H2,20,22,23,24). The predicted molar refractivity (Wildman–Crippen MR) is 99.5 cm³/mol. The van der Waals surface area contributed by atoms with Crippen LogP contribution in [0.1, 0.15) is 19.8 Å². The highest BCUT2D eigenvalue weighted by atomic mass is 16.5. The molecule has 0 saturated carbocycles. The van der Waals surface area contributed by atoms with Crippen LogP contribution in [0.5, 0.6) is 11.5 Å². The Balaban J connectivity index is 1.60. The SMILES string of the molecule is CCCCNc1cnnc(Nc2ccc(Oc3ccccc3)cc2)n1. The topological polar surface area (TPSA) is 72.0 Å². The van der Waals surface area contributed by atoms with Crippen LogP contribution in [0, 0.1) is 0 Å². The average molecular weight is 335 g/mol. The Kier molecular flexibility index (Phi) is 5.77. The second-order valence-corrected chi connectivity index (χ2v) is 5.51. The van der Waals surface area contributed by atoms with Crippen LogP contribution < -0.4 is 15.4 Å². The number of nitrogens with zero attached hydrogens (tertiary/aromatic N) is 3. The fourth-order valence-corrected chi connectivity index (χ4v) is 2.19. The largest absolute Gasteiger partial charge is 0.457 e. The van der Waals surface area contributed by atoms with E-state index in [1.807, 2.05) is 54.6 Å². The van der Waals surface area contributed by atoms with Crippen molar-refractivity contribution in [3.63, 3.8) is 0 Å². The van der Waals surface area contributed by atoms with Crippen molar-refractivity contribution in [2.75, 3.05) is 17.2 Å². The van der Waals surface area contributed by atoms with Crippen LogP contribution in [0.25, 0.3) is 0 Å². The van der Waals surface area contributed by atoms with Gasteiger partial charge in [0.05, 0.1) is 6.20 Å². The zero-order chi connectivity index (χ0) is 17.3. The van der Waals surface area contributed by atoms with Crippen molar-refractivity contribution < 1.29 is 4.74 Å². The third kappa shape index (κ3) is 5.17. The third-order valence-electron chi connectivity index (χ3n) is 3.48. The smallest absolute Gasteiger partial charge is 0.249 e. The van der Waals surface area contributed by atoms with Crippen LogP contribution >= 0.6 is 0 Å². The number of rotatable bonds is 8. The van der Waals surface area contributed by atoms with Gasteiger partial charge < -0.3 is 15.4 Å². The summed E-state index contributed by atoms with van der Waals surface area (Å²) in [4.78, 5) is 4.40. The minimum absolute atomic E-state index is 0.457. The Morgan fingerprint density at radius 1 is 0.960 bits per heavy atom. The molecular weight excluding hydrogens is 314 g/mol. The summed E-state index contributed by atoms with van der Waals surface area (Å²) in [5.41, 5.74) is 0.868. The third-order valence-corrected chi connectivity index (χ3v) is 3.48. The van der Waals surface area contributed by atoms with Gasteiger partial charge in [0.15, 0.2) is 5.82 Å². The number of unbranched alkanes of at least 4 members (excludes halogenated alkanes) is 1. The van der Waals surface area contributed by atoms with Gasteiger partial charge in [0.1, 0.15) is 11.5 Å². The summed E-state index contributed by atoms with van der Waals surface area (Å²) in [5.74, 6) is 2.75. The van der Waals surface area contributed by atoms with E-state index < -0.39 is 0 Å². The van der Waals surface area contributed by atoms with E-state index in [1.54, 1.807) is 6.20 Å². The lowest BCUT2D eigenvalue weighted by Gasteiger charge is -2.09. The Morgan fingerprint density at radius 2 is 1.72 bits per heavy atom. The second-order valence-electron chi connectivity index (χ2n) is 5.51. The highest BCUT2D eigenvalue weighted by Crippen LogP contribution is 2.23. The number of hydrogen-bond donors (Lipinski definition) is 2. The van der Waals surface area contributed by atoms with Gasteiger partial charge in [-0.15, -0.1) is 5.10 Å². The zero-order valence-electron chi connectivity index (χ0n) is 14.1. The lowest BCUT2D eigenvalue weighted by Crippen LogP contribution is -2.06. The first kappa shape index (κ1) is 16.7. The molecule has 0 aliphatic rings. The first-order valence-corrected chi connectivity index (χ1v) is 8.37. The van der Waals surface area contributed by atoms with Crippen molar-refractivity contribution in [3.05, 3.63) is 60.8 Å². The molecule has 0 aliphatic heterocycles. The Morgan fingerprint density at radius 3 is 2.48 bits per heavy atom. The quantitative estimate of drug-likeness (QED) is 0.585. The summed E-state index contributed by atoms with van der Waals surface area (Å²) in [6.07, 6.45) is 3.85. The van der Waals surface area contributed by atoms with Crippen molar-refractivity contribution in [2.45, 2.75) is 19.8 Å². The molecule has 0 bridgehead atoms. The van der Waals surface area contributed by atoms with Crippen LogP contribution in [-0.4, -0.2) is 21.7 Å². The molecule has 3 rings (SSSR count). The van der Waals surface area contributed by atoms with Gasteiger partial charge in [0.25, 0.3) is 0 Å². The minimum atomic E-state index is 0.457. The molecule has 0 radical (unpaired) electrons. The molecule has 0 atom stereocenters. The van der Waals surface area contributed by atoms with Gasteiger partial charge in [-0.05, 0) is 42.8 Å². The van der Waals surface area contributed by atoms with Crippen LogP contribution in [0.15, 0.2) is 60.8 Å².